The predicted molar refractivity (Wildman–Crippen MR) is 127 cm³/mol. The van der Waals surface area contributed by atoms with Crippen molar-refractivity contribution in [1.29, 1.82) is 0 Å². The number of hydrogen-bond donors (Lipinski definition) is 2. The summed E-state index contributed by atoms with van der Waals surface area (Å²) in [5.41, 5.74) is 1.58. The van der Waals surface area contributed by atoms with Crippen molar-refractivity contribution < 1.29 is 19.1 Å². The zero-order valence-corrected chi connectivity index (χ0v) is 20.0. The van der Waals surface area contributed by atoms with Gasteiger partial charge in [-0.15, -0.1) is 0 Å². The van der Waals surface area contributed by atoms with Gasteiger partial charge in [0.25, 0.3) is 5.91 Å². The number of urea groups is 1. The number of aromatic amines is 1. The molecule has 3 aromatic rings. The van der Waals surface area contributed by atoms with Gasteiger partial charge >= 0.3 is 6.03 Å². The van der Waals surface area contributed by atoms with Crippen LogP contribution in [0.25, 0.3) is 10.9 Å². The van der Waals surface area contributed by atoms with E-state index >= 15 is 0 Å². The number of halogens is 2. The van der Waals surface area contributed by atoms with Crippen LogP contribution < -0.4 is 0 Å². The molecule has 34 heavy (non-hydrogen) atoms. The summed E-state index contributed by atoms with van der Waals surface area (Å²) in [4.78, 5) is 35.6. The van der Waals surface area contributed by atoms with Crippen molar-refractivity contribution in [3.8, 4) is 5.75 Å². The van der Waals surface area contributed by atoms with Crippen LogP contribution in [-0.4, -0.2) is 69.5 Å². The zero-order valence-electron chi connectivity index (χ0n) is 19.2. The van der Waals surface area contributed by atoms with Crippen LogP contribution >= 0.6 is 11.6 Å². The van der Waals surface area contributed by atoms with E-state index in [1.807, 2.05) is 25.1 Å². The third kappa shape index (κ3) is 3.35. The number of amides is 3. The quantitative estimate of drug-likeness (QED) is 0.529. The second-order valence-corrected chi connectivity index (χ2v) is 9.95. The summed E-state index contributed by atoms with van der Waals surface area (Å²) < 4.78 is 14.2. The first kappa shape index (κ1) is 22.7. The lowest BCUT2D eigenvalue weighted by Gasteiger charge is -2.42. The Hall–Kier alpha value is -3.10. The number of rotatable bonds is 5. The number of nitrogens with zero attached hydrogens (tertiary/aromatic N) is 3. The fourth-order valence-corrected chi connectivity index (χ4v) is 5.46. The number of benzene rings is 2. The second-order valence-electron chi connectivity index (χ2n) is 9.54. The van der Waals surface area contributed by atoms with Gasteiger partial charge in [-0.3, -0.25) is 14.6 Å². The van der Waals surface area contributed by atoms with E-state index in [0.29, 0.717) is 29.7 Å². The van der Waals surface area contributed by atoms with Crippen LogP contribution in [-0.2, 0) is 11.2 Å². The van der Waals surface area contributed by atoms with Crippen LogP contribution in [0, 0.1) is 5.82 Å². The number of nitrogens with one attached hydrogen (secondary N) is 1. The first-order chi connectivity index (χ1) is 16.1. The minimum atomic E-state index is -1.13. The molecule has 9 heteroatoms. The molecule has 1 aromatic heterocycles. The number of H-pyrrole nitrogens is 1. The normalized spacial score (nSPS) is 22.1. The highest BCUT2D eigenvalue weighted by Gasteiger charge is 2.60. The first-order valence-corrected chi connectivity index (χ1v) is 11.6. The molecule has 0 saturated carbocycles. The Morgan fingerprint density at radius 2 is 2.03 bits per heavy atom. The Labute approximate surface area is 201 Å². The average molecular weight is 485 g/mol. The van der Waals surface area contributed by atoms with Gasteiger partial charge in [-0.25, -0.2) is 9.18 Å². The van der Waals surface area contributed by atoms with Crippen LogP contribution in [0.2, 0.25) is 5.02 Å². The molecule has 3 amide bonds. The number of fused-ring (bicyclic) bond motifs is 4. The summed E-state index contributed by atoms with van der Waals surface area (Å²) in [5.74, 6) is -0.750. The topological polar surface area (TPSA) is 79.9 Å². The molecule has 5 rings (SSSR count). The van der Waals surface area contributed by atoms with Gasteiger partial charge in [0, 0.05) is 29.6 Å². The van der Waals surface area contributed by atoms with E-state index in [1.54, 1.807) is 36.1 Å². The van der Waals surface area contributed by atoms with Gasteiger partial charge in [-0.1, -0.05) is 23.7 Å². The van der Waals surface area contributed by atoms with Crippen molar-refractivity contribution in [2.75, 3.05) is 27.2 Å². The monoisotopic (exact) mass is 484 g/mol. The van der Waals surface area contributed by atoms with E-state index < -0.39 is 17.4 Å². The van der Waals surface area contributed by atoms with E-state index in [1.165, 1.54) is 11.0 Å². The smallest absolute Gasteiger partial charge is 0.328 e. The highest BCUT2D eigenvalue weighted by molar-refractivity contribution is 6.31. The molecule has 0 radical (unpaired) electrons. The number of aromatic nitrogens is 1. The fraction of sp³-hybridized carbons (Fsp3) is 0.360. The van der Waals surface area contributed by atoms with E-state index in [0.717, 1.165) is 17.5 Å². The minimum Gasteiger partial charge on any atom is -0.508 e. The van der Waals surface area contributed by atoms with Crippen molar-refractivity contribution >= 4 is 34.4 Å². The number of phenols is 1. The summed E-state index contributed by atoms with van der Waals surface area (Å²) >= 11 is 6.10. The number of phenolic OH excluding ortho intramolecular Hbond substituents is 1. The molecule has 0 aliphatic carbocycles. The van der Waals surface area contributed by atoms with Crippen LogP contribution in [0.15, 0.2) is 36.4 Å². The van der Waals surface area contributed by atoms with E-state index in [2.05, 4.69) is 4.98 Å². The number of hydrogen-bond acceptors (Lipinski definition) is 4. The van der Waals surface area contributed by atoms with Gasteiger partial charge in [0.05, 0.1) is 5.02 Å². The molecule has 1 fully saturated rings. The third-order valence-corrected chi connectivity index (χ3v) is 7.17. The van der Waals surface area contributed by atoms with Crippen molar-refractivity contribution in [3.63, 3.8) is 0 Å². The molecular weight excluding hydrogens is 459 g/mol. The molecule has 0 bridgehead atoms. The number of imide groups is 1. The van der Waals surface area contributed by atoms with E-state index in [-0.39, 0.29) is 29.1 Å². The Kier molecular flexibility index (Phi) is 5.33. The lowest BCUT2D eigenvalue weighted by molar-refractivity contribution is -0.133. The largest absolute Gasteiger partial charge is 0.508 e. The Morgan fingerprint density at radius 3 is 2.74 bits per heavy atom. The van der Waals surface area contributed by atoms with Gasteiger partial charge in [-0.2, -0.15) is 0 Å². The third-order valence-electron chi connectivity index (χ3n) is 6.88. The number of carbonyl (C=O) groups excluding carboxylic acids is 2. The molecule has 2 aliphatic rings. The highest BCUT2D eigenvalue weighted by atomic mass is 35.5. The summed E-state index contributed by atoms with van der Waals surface area (Å²) in [6, 6.07) is 8.52. The molecular formula is C25H26ClFN4O3. The predicted octanol–water partition coefficient (Wildman–Crippen LogP) is 4.29. The molecule has 3 heterocycles. The van der Waals surface area contributed by atoms with E-state index in [9.17, 15) is 19.1 Å². The van der Waals surface area contributed by atoms with Crippen molar-refractivity contribution in [1.82, 2.24) is 19.7 Å². The highest BCUT2D eigenvalue weighted by Crippen LogP contribution is 2.49. The maximum Gasteiger partial charge on any atom is 0.328 e. The van der Waals surface area contributed by atoms with Gasteiger partial charge in [-0.05, 0) is 69.4 Å². The van der Waals surface area contributed by atoms with Crippen LogP contribution in [0.4, 0.5) is 9.18 Å². The zero-order chi connectivity index (χ0) is 24.4. The molecule has 2 aliphatic heterocycles. The minimum absolute atomic E-state index is 0.00470. The first-order valence-electron chi connectivity index (χ1n) is 11.2. The lowest BCUT2D eigenvalue weighted by Crippen LogP contribution is -2.53. The Bertz CT molecular complexity index is 1320. The standard InChI is InChI=1S/C25H26ClFN4O3/c1-25-13-17-16-11-18(26)19(27)12-20(16)28-21(17)22(14-6-4-7-15(32)10-14)31(25)24(34)30(23(25)33)9-5-8-29(2)3/h4,6-7,10-12,22,28,32H,5,8-9,13H2,1-3H3/t22?,25-/m0/s1. The molecule has 7 nitrogen and oxygen atoms in total. The maximum atomic E-state index is 14.2. The van der Waals surface area contributed by atoms with Crippen molar-refractivity contribution in [2.45, 2.75) is 31.3 Å². The Morgan fingerprint density at radius 1 is 1.26 bits per heavy atom. The lowest BCUT2D eigenvalue weighted by atomic mass is 9.81. The van der Waals surface area contributed by atoms with Crippen LogP contribution in [0.1, 0.15) is 36.2 Å². The summed E-state index contributed by atoms with van der Waals surface area (Å²) in [6.45, 7) is 2.85. The van der Waals surface area contributed by atoms with Crippen molar-refractivity contribution in [3.05, 3.63) is 64.1 Å². The van der Waals surface area contributed by atoms with Gasteiger partial charge < -0.3 is 15.0 Å². The molecule has 2 aromatic carbocycles. The van der Waals surface area contributed by atoms with E-state index in [4.69, 9.17) is 11.6 Å². The number of aromatic hydroxyl groups is 1. The molecule has 1 saturated heterocycles. The molecule has 1 unspecified atom stereocenters. The molecule has 0 spiro atoms. The van der Waals surface area contributed by atoms with Crippen LogP contribution in [0.3, 0.4) is 0 Å². The van der Waals surface area contributed by atoms with Gasteiger partial charge in [0.15, 0.2) is 0 Å². The summed E-state index contributed by atoms with van der Waals surface area (Å²) in [7, 11) is 3.89. The molecule has 2 N–H and O–H groups in total. The van der Waals surface area contributed by atoms with Gasteiger partial charge in [0.2, 0.25) is 0 Å². The van der Waals surface area contributed by atoms with Crippen LogP contribution in [0.5, 0.6) is 5.75 Å². The average Bonchev–Trinajstić information content (AvgIpc) is 3.19. The maximum absolute atomic E-state index is 14.2. The van der Waals surface area contributed by atoms with Gasteiger partial charge in [0.1, 0.15) is 23.1 Å². The molecule has 2 atom stereocenters. The summed E-state index contributed by atoms with van der Waals surface area (Å²) in [5, 5.41) is 10.9. The SMILES string of the molecule is CN(C)CCCN1C(=O)N2C(c3cccc(O)c3)c3[nH]c4cc(F)c(Cl)cc4c3C[C@@]2(C)C1=O. The molecule has 178 valence electrons. The number of carbonyl (C=O) groups is 2. The fourth-order valence-electron chi connectivity index (χ4n) is 5.29. The van der Waals surface area contributed by atoms with Crippen molar-refractivity contribution in [2.24, 2.45) is 0 Å². The second kappa shape index (κ2) is 7.99. The Balaban J connectivity index is 1.68. The summed E-state index contributed by atoms with van der Waals surface area (Å²) in [6.07, 6.45) is 0.933.